The highest BCUT2D eigenvalue weighted by atomic mass is 32.1. The van der Waals surface area contributed by atoms with Crippen molar-refractivity contribution in [2.45, 2.75) is 39.8 Å². The van der Waals surface area contributed by atoms with Gasteiger partial charge in [-0.05, 0) is 48.8 Å². The van der Waals surface area contributed by atoms with Crippen molar-refractivity contribution in [3.8, 4) is 0 Å². The van der Waals surface area contributed by atoms with E-state index in [2.05, 4.69) is 33.4 Å². The minimum atomic E-state index is -0.180. The Labute approximate surface area is 132 Å². The number of thiophene rings is 1. The first kappa shape index (κ1) is 15.8. The van der Waals surface area contributed by atoms with Crippen LogP contribution in [-0.4, -0.2) is 16.3 Å². The Morgan fingerprint density at radius 1 is 1.48 bits per heavy atom. The number of hydrogen-bond donors (Lipinski definition) is 3. The van der Waals surface area contributed by atoms with Gasteiger partial charge in [-0.15, -0.1) is 11.3 Å². The van der Waals surface area contributed by atoms with Gasteiger partial charge in [0.05, 0.1) is 6.54 Å². The normalized spacial score (nSPS) is 10.9. The average molecular weight is 324 g/mol. The van der Waals surface area contributed by atoms with E-state index in [4.69, 9.17) is 5.73 Å². The van der Waals surface area contributed by atoms with E-state index >= 15 is 0 Å². The Hall–Kier alpha value is -1.60. The molecule has 0 saturated carbocycles. The second-order valence-corrected chi connectivity index (χ2v) is 6.75. The maximum absolute atomic E-state index is 12.2. The minimum absolute atomic E-state index is 0.0636. The van der Waals surface area contributed by atoms with E-state index in [1.54, 1.807) is 11.3 Å². The maximum Gasteiger partial charge on any atom is 0.258 e. The van der Waals surface area contributed by atoms with Gasteiger partial charge in [0.2, 0.25) is 0 Å². The molecule has 0 radical (unpaired) electrons. The number of amides is 1. The van der Waals surface area contributed by atoms with Gasteiger partial charge in [-0.3, -0.25) is 4.79 Å². The lowest BCUT2D eigenvalue weighted by Crippen LogP contribution is -2.30. The molecule has 2 rings (SSSR count). The summed E-state index contributed by atoms with van der Waals surface area (Å²) >= 11 is 2.94. The Kier molecular flexibility index (Phi) is 5.19. The number of aryl methyl sites for hydroxylation is 1. The quantitative estimate of drug-likeness (QED) is 0.763. The molecule has 114 valence electrons. The average Bonchev–Trinajstić information content (AvgIpc) is 3.01. The highest BCUT2D eigenvalue weighted by Gasteiger charge is 2.20. The Balaban J connectivity index is 2.12. The minimum Gasteiger partial charge on any atom is -0.382 e. The first-order valence-corrected chi connectivity index (χ1v) is 8.53. The third kappa shape index (κ3) is 3.74. The summed E-state index contributed by atoms with van der Waals surface area (Å²) in [5.41, 5.74) is 7.60. The molecule has 0 fully saturated rings. The molecule has 5 nitrogen and oxygen atoms in total. The number of nitrogens with zero attached hydrogens (tertiary/aromatic N) is 1. The number of carbonyl (C=O) groups is 1. The van der Waals surface area contributed by atoms with Crippen molar-refractivity contribution in [1.82, 2.24) is 9.69 Å². The van der Waals surface area contributed by atoms with E-state index in [9.17, 15) is 4.79 Å². The topological polar surface area (TPSA) is 80.0 Å². The van der Waals surface area contributed by atoms with Crippen molar-refractivity contribution in [2.75, 3.05) is 11.1 Å². The molecule has 0 aliphatic heterocycles. The molecule has 2 heterocycles. The Morgan fingerprint density at radius 3 is 2.90 bits per heavy atom. The number of rotatable bonds is 6. The maximum atomic E-state index is 12.2. The molecule has 2 aromatic rings. The van der Waals surface area contributed by atoms with E-state index in [0.29, 0.717) is 12.1 Å². The molecule has 0 unspecified atom stereocenters. The van der Waals surface area contributed by atoms with Crippen molar-refractivity contribution < 1.29 is 4.79 Å². The van der Waals surface area contributed by atoms with Crippen LogP contribution in [0.1, 0.15) is 41.6 Å². The van der Waals surface area contributed by atoms with E-state index in [1.165, 1.54) is 22.0 Å². The number of nitrogens with two attached hydrogens (primary N) is 1. The van der Waals surface area contributed by atoms with Crippen molar-refractivity contribution in [2.24, 2.45) is 0 Å². The summed E-state index contributed by atoms with van der Waals surface area (Å²) in [6.07, 6.45) is 1.01. The van der Waals surface area contributed by atoms with Gasteiger partial charge in [0.1, 0.15) is 10.6 Å². The van der Waals surface area contributed by atoms with Gasteiger partial charge in [-0.1, -0.05) is 6.92 Å². The van der Waals surface area contributed by atoms with Crippen molar-refractivity contribution >= 4 is 39.6 Å². The molecule has 1 amide bonds. The van der Waals surface area contributed by atoms with Crippen LogP contribution in [0, 0.1) is 0 Å². The van der Waals surface area contributed by atoms with Gasteiger partial charge >= 0.3 is 0 Å². The first-order chi connectivity index (χ1) is 10.0. The van der Waals surface area contributed by atoms with Crippen LogP contribution in [0.15, 0.2) is 11.4 Å². The summed E-state index contributed by atoms with van der Waals surface area (Å²) in [5.74, 6) is 0.100. The van der Waals surface area contributed by atoms with Crippen molar-refractivity contribution in [3.05, 3.63) is 27.5 Å². The molecule has 0 atom stereocenters. The van der Waals surface area contributed by atoms with Crippen LogP contribution < -0.4 is 16.4 Å². The second kappa shape index (κ2) is 6.91. The zero-order chi connectivity index (χ0) is 15.4. The fraction of sp³-hybridized carbons (Fsp3) is 0.429. The molecule has 7 heteroatoms. The van der Waals surface area contributed by atoms with Crippen molar-refractivity contribution in [1.29, 1.82) is 0 Å². The summed E-state index contributed by atoms with van der Waals surface area (Å²) in [6.45, 7) is 6.66. The summed E-state index contributed by atoms with van der Waals surface area (Å²) in [5, 5.41) is 8.95. The fourth-order valence-corrected chi connectivity index (χ4v) is 3.60. The standard InChI is InChI=1S/C14H20N4OS2/c1-4-9-5-6-20-10(9)7-16-14-11(12(15)18-21-14)13(19)17-8(2)3/h5-6,8,16H,4,7H2,1-3H3,(H2,15,18)(H,17,19). The van der Waals surface area contributed by atoms with Crippen LogP contribution in [0.3, 0.4) is 0 Å². The van der Waals surface area contributed by atoms with Gasteiger partial charge in [0.15, 0.2) is 5.82 Å². The fourth-order valence-electron chi connectivity index (χ4n) is 1.97. The molecule has 21 heavy (non-hydrogen) atoms. The predicted octanol–water partition coefficient (Wildman–Crippen LogP) is 3.10. The molecular formula is C14H20N4OS2. The van der Waals surface area contributed by atoms with Crippen molar-refractivity contribution in [3.63, 3.8) is 0 Å². The lowest BCUT2D eigenvalue weighted by Gasteiger charge is -2.10. The van der Waals surface area contributed by atoms with Crippen LogP contribution in [0.2, 0.25) is 0 Å². The number of anilines is 2. The van der Waals surface area contributed by atoms with Crippen LogP contribution in [0.4, 0.5) is 10.8 Å². The van der Waals surface area contributed by atoms with E-state index in [-0.39, 0.29) is 17.8 Å². The summed E-state index contributed by atoms with van der Waals surface area (Å²) in [4.78, 5) is 13.5. The van der Waals surface area contributed by atoms with Crippen LogP contribution in [0.25, 0.3) is 0 Å². The van der Waals surface area contributed by atoms with E-state index in [1.807, 2.05) is 13.8 Å². The Bertz CT molecular complexity index is 618. The van der Waals surface area contributed by atoms with E-state index < -0.39 is 0 Å². The highest BCUT2D eigenvalue weighted by Crippen LogP contribution is 2.28. The second-order valence-electron chi connectivity index (χ2n) is 4.98. The lowest BCUT2D eigenvalue weighted by atomic mass is 10.2. The molecule has 0 aliphatic rings. The largest absolute Gasteiger partial charge is 0.382 e. The number of carbonyl (C=O) groups excluding carboxylic acids is 1. The van der Waals surface area contributed by atoms with Crippen LogP contribution in [-0.2, 0) is 13.0 Å². The summed E-state index contributed by atoms with van der Waals surface area (Å²) in [7, 11) is 0. The number of aromatic nitrogens is 1. The molecule has 4 N–H and O–H groups in total. The first-order valence-electron chi connectivity index (χ1n) is 6.88. The SMILES string of the molecule is CCc1ccsc1CNc1snc(N)c1C(=O)NC(C)C. The van der Waals surface area contributed by atoms with Gasteiger partial charge in [-0.2, -0.15) is 4.37 Å². The van der Waals surface area contributed by atoms with Crippen LogP contribution in [0.5, 0.6) is 0 Å². The molecule has 0 spiro atoms. The third-order valence-corrected chi connectivity index (χ3v) is 4.78. The zero-order valence-corrected chi connectivity index (χ0v) is 14.0. The molecule has 0 aromatic carbocycles. The van der Waals surface area contributed by atoms with Crippen LogP contribution >= 0.6 is 22.9 Å². The molecular weight excluding hydrogens is 304 g/mol. The summed E-state index contributed by atoms with van der Waals surface area (Å²) in [6, 6.07) is 2.20. The predicted molar refractivity (Wildman–Crippen MR) is 90.2 cm³/mol. The number of hydrogen-bond acceptors (Lipinski definition) is 6. The highest BCUT2D eigenvalue weighted by molar-refractivity contribution is 7.11. The van der Waals surface area contributed by atoms with Gasteiger partial charge in [-0.25, -0.2) is 0 Å². The van der Waals surface area contributed by atoms with Gasteiger partial charge in [0, 0.05) is 10.9 Å². The Morgan fingerprint density at radius 2 is 2.24 bits per heavy atom. The summed E-state index contributed by atoms with van der Waals surface area (Å²) < 4.78 is 4.09. The molecule has 2 aromatic heterocycles. The number of nitrogens with one attached hydrogen (secondary N) is 2. The zero-order valence-electron chi connectivity index (χ0n) is 12.4. The smallest absolute Gasteiger partial charge is 0.258 e. The molecule has 0 saturated heterocycles. The molecule has 0 bridgehead atoms. The lowest BCUT2D eigenvalue weighted by molar-refractivity contribution is 0.0945. The third-order valence-electron chi connectivity index (χ3n) is 2.99. The van der Waals surface area contributed by atoms with Gasteiger partial charge in [0.25, 0.3) is 5.91 Å². The van der Waals surface area contributed by atoms with E-state index in [0.717, 1.165) is 11.4 Å². The monoisotopic (exact) mass is 324 g/mol. The van der Waals surface area contributed by atoms with Gasteiger partial charge < -0.3 is 16.4 Å². The number of nitrogen functional groups attached to an aromatic ring is 1. The molecule has 0 aliphatic carbocycles.